The molecule has 6 heteroatoms. The maximum atomic E-state index is 9.13. The molecule has 3 aliphatic rings. The van der Waals surface area contributed by atoms with Crippen molar-refractivity contribution >= 4 is 11.9 Å². The third-order valence-corrected chi connectivity index (χ3v) is 4.45. The summed E-state index contributed by atoms with van der Waals surface area (Å²) >= 11 is 0. The van der Waals surface area contributed by atoms with Crippen molar-refractivity contribution in [3.63, 3.8) is 0 Å². The van der Waals surface area contributed by atoms with Crippen molar-refractivity contribution in [1.82, 2.24) is 0 Å². The number of aliphatic carboxylic acids is 2. The number of allylic oxidation sites excluding steroid dienone is 4. The number of hydrogen-bond donors (Lipinski definition) is 2. The van der Waals surface area contributed by atoms with E-state index in [1.165, 1.54) is 56.8 Å². The molecule has 0 fully saturated rings. The van der Waals surface area contributed by atoms with Crippen molar-refractivity contribution < 1.29 is 46.6 Å². The summed E-state index contributed by atoms with van der Waals surface area (Å²) in [7, 11) is 0.750. The van der Waals surface area contributed by atoms with Gasteiger partial charge >= 0.3 is 33.7 Å². The molecular formula is C21H26O5Ti. The van der Waals surface area contributed by atoms with E-state index in [1.807, 2.05) is 0 Å². The van der Waals surface area contributed by atoms with Crippen molar-refractivity contribution in [2.45, 2.75) is 51.9 Å². The molecule has 0 aromatic rings. The van der Waals surface area contributed by atoms with Crippen LogP contribution in [0.25, 0.3) is 0 Å². The minimum absolute atomic E-state index is 0. The molecule has 0 bridgehead atoms. The summed E-state index contributed by atoms with van der Waals surface area (Å²) in [4.78, 5) is 18.3. The van der Waals surface area contributed by atoms with Gasteiger partial charge in [-0.05, 0) is 25.2 Å². The van der Waals surface area contributed by atoms with Crippen molar-refractivity contribution in [2.75, 3.05) is 7.11 Å². The van der Waals surface area contributed by atoms with Crippen LogP contribution in [0.1, 0.15) is 51.9 Å². The van der Waals surface area contributed by atoms with Crippen LogP contribution in [-0.4, -0.2) is 29.3 Å². The Hall–Kier alpha value is -1.92. The fraction of sp³-hybridized carbons (Fsp3) is 0.476. The van der Waals surface area contributed by atoms with Crippen molar-refractivity contribution in [2.24, 2.45) is 5.92 Å². The fourth-order valence-corrected chi connectivity index (χ4v) is 3.51. The van der Waals surface area contributed by atoms with E-state index < -0.39 is 11.9 Å². The summed E-state index contributed by atoms with van der Waals surface area (Å²) in [5.41, 5.74) is 7.07. The molecule has 1 atom stereocenters. The summed E-state index contributed by atoms with van der Waals surface area (Å²) in [6.07, 6.45) is 20.9. The summed E-state index contributed by atoms with van der Waals surface area (Å²) in [5.74, 6) is 1.23. The van der Waals surface area contributed by atoms with Gasteiger partial charge in [0.05, 0.1) is 0 Å². The second kappa shape index (κ2) is 15.2. The van der Waals surface area contributed by atoms with Gasteiger partial charge in [0.2, 0.25) is 0 Å². The van der Waals surface area contributed by atoms with Crippen LogP contribution < -0.4 is 5.11 Å². The maximum absolute atomic E-state index is 9.13. The second-order valence-electron chi connectivity index (χ2n) is 5.86. The Balaban J connectivity index is 0. The first-order valence-corrected chi connectivity index (χ1v) is 8.50. The molecule has 0 aromatic carbocycles. The Morgan fingerprint density at radius 3 is 1.93 bits per heavy atom. The molecule has 0 saturated heterocycles. The average Bonchev–Trinajstić information content (AvgIpc) is 2.97. The number of rotatable bonds is 0. The third kappa shape index (κ3) is 9.02. The molecule has 3 aliphatic carbocycles. The first-order valence-electron chi connectivity index (χ1n) is 8.50. The van der Waals surface area contributed by atoms with Gasteiger partial charge < -0.3 is 15.3 Å². The smallest absolute Gasteiger partial charge is 0.857 e. The molecule has 0 spiro atoms. The van der Waals surface area contributed by atoms with E-state index in [9.17, 15) is 0 Å². The Bertz CT molecular complexity index is 590. The van der Waals surface area contributed by atoms with Gasteiger partial charge in [-0.2, -0.15) is 12.7 Å². The summed E-state index contributed by atoms with van der Waals surface area (Å²) < 4.78 is 0. The summed E-state index contributed by atoms with van der Waals surface area (Å²) in [6, 6.07) is 0. The molecule has 0 aliphatic heterocycles. The van der Waals surface area contributed by atoms with Crippen LogP contribution in [0, 0.1) is 37.0 Å². The van der Waals surface area contributed by atoms with Gasteiger partial charge in [-0.15, -0.1) is 24.8 Å². The van der Waals surface area contributed by atoms with E-state index in [0.717, 1.165) is 13.0 Å². The molecule has 5 nitrogen and oxygen atoms in total. The molecule has 27 heavy (non-hydrogen) atoms. The van der Waals surface area contributed by atoms with Gasteiger partial charge in [0.15, 0.2) is 0 Å². The van der Waals surface area contributed by atoms with E-state index in [1.54, 1.807) is 22.3 Å². The van der Waals surface area contributed by atoms with Crippen LogP contribution in [0.15, 0.2) is 22.3 Å². The predicted molar refractivity (Wildman–Crippen MR) is 98.7 cm³/mol. The summed E-state index contributed by atoms with van der Waals surface area (Å²) in [5, 5.41) is 23.2. The van der Waals surface area contributed by atoms with Gasteiger partial charge in [-0.1, -0.05) is 31.8 Å². The number of terminal acetylenes is 2. The Morgan fingerprint density at radius 2 is 1.44 bits per heavy atom. The monoisotopic (exact) mass is 406 g/mol. The standard InChI is InChI=1S/C14H19.2C3H2O2.CH3O.Ti/c1-10-11-6-2-4-8-13(11)14-9-5-3-7-12(10)14;2*1-2-3(4)5;1-2;/h6,10H,2-5,7-9H2,1H3;2*1H,(H,4,5);1H3;/q-1;;;-1;+2. The topological polar surface area (TPSA) is 97.7 Å². The number of hydrogen-bond acceptors (Lipinski definition) is 3. The predicted octanol–water partition coefficient (Wildman–Crippen LogP) is 2.57. The number of carboxylic acid groups (broad SMARTS) is 2. The second-order valence-corrected chi connectivity index (χ2v) is 5.86. The zero-order valence-electron chi connectivity index (χ0n) is 15.9. The van der Waals surface area contributed by atoms with E-state index in [2.05, 4.69) is 26.2 Å². The van der Waals surface area contributed by atoms with E-state index >= 15 is 0 Å². The minimum Gasteiger partial charge on any atom is -0.857 e. The van der Waals surface area contributed by atoms with Gasteiger partial charge in [0, 0.05) is 11.8 Å². The SMILES string of the molecule is C#CC(=O)O.C#CC(=O)O.CC1C2=C(CCC[CH-]2)C2=C1CCCC2.C[O-].[Ti+2]. The molecule has 0 aromatic heterocycles. The van der Waals surface area contributed by atoms with Crippen LogP contribution in [0.5, 0.6) is 0 Å². The zero-order valence-corrected chi connectivity index (χ0v) is 17.4. The van der Waals surface area contributed by atoms with Crippen molar-refractivity contribution in [1.29, 1.82) is 0 Å². The van der Waals surface area contributed by atoms with Crippen LogP contribution in [0.2, 0.25) is 0 Å². The molecule has 0 radical (unpaired) electrons. The van der Waals surface area contributed by atoms with E-state index in [-0.39, 0.29) is 21.7 Å². The molecule has 0 saturated carbocycles. The molecule has 0 amide bonds. The zero-order chi connectivity index (χ0) is 20.1. The number of carboxylic acids is 2. The normalized spacial score (nSPS) is 18.5. The summed E-state index contributed by atoms with van der Waals surface area (Å²) in [6.45, 7) is 2.42. The largest absolute Gasteiger partial charge is 2.00 e. The molecule has 0 heterocycles. The number of carbonyl (C=O) groups is 2. The Morgan fingerprint density at radius 1 is 1.00 bits per heavy atom. The van der Waals surface area contributed by atoms with Gasteiger partial charge in [0.25, 0.3) is 0 Å². The van der Waals surface area contributed by atoms with E-state index in [0.29, 0.717) is 0 Å². The van der Waals surface area contributed by atoms with Crippen LogP contribution >= 0.6 is 0 Å². The molecule has 2 N–H and O–H groups in total. The third-order valence-electron chi connectivity index (χ3n) is 4.45. The minimum atomic E-state index is -1.22. The Labute approximate surface area is 176 Å². The van der Waals surface area contributed by atoms with Crippen LogP contribution in [0.3, 0.4) is 0 Å². The van der Waals surface area contributed by atoms with Gasteiger partial charge in [-0.25, -0.2) is 21.6 Å². The average molecular weight is 406 g/mol. The Kier molecular flexibility index (Phi) is 15.3. The maximum Gasteiger partial charge on any atom is 2.00 e. The molecule has 3 rings (SSSR count). The molecular weight excluding hydrogens is 380 g/mol. The van der Waals surface area contributed by atoms with Gasteiger partial charge in [-0.3, -0.25) is 0 Å². The van der Waals surface area contributed by atoms with Crippen LogP contribution in [-0.2, 0) is 31.3 Å². The fourth-order valence-electron chi connectivity index (χ4n) is 3.51. The van der Waals surface area contributed by atoms with Crippen molar-refractivity contribution in [3.05, 3.63) is 28.7 Å². The quantitative estimate of drug-likeness (QED) is 0.366. The molecule has 1 unspecified atom stereocenters. The molecule has 144 valence electrons. The van der Waals surface area contributed by atoms with Crippen molar-refractivity contribution in [3.8, 4) is 24.7 Å². The van der Waals surface area contributed by atoms with Crippen LogP contribution in [0.4, 0.5) is 0 Å². The van der Waals surface area contributed by atoms with E-state index in [4.69, 9.17) is 24.9 Å². The first kappa shape index (κ1) is 27.3. The first-order chi connectivity index (χ1) is 12.4. The number of fused-ring (bicyclic) bond motifs is 1. The van der Waals surface area contributed by atoms with Gasteiger partial charge in [0.1, 0.15) is 0 Å².